The number of halogens is 1. The minimum atomic E-state index is -0.232. The monoisotopic (exact) mass is 363 g/mol. The molecule has 3 aromatic rings. The third kappa shape index (κ3) is 3.83. The molecule has 1 saturated carbocycles. The minimum absolute atomic E-state index is 0.0792. The summed E-state index contributed by atoms with van der Waals surface area (Å²) in [6.07, 6.45) is 4.08. The van der Waals surface area contributed by atoms with Crippen molar-refractivity contribution in [3.63, 3.8) is 0 Å². The third-order valence-electron chi connectivity index (χ3n) is 5.07. The standard InChI is InChI=1S/C22H22FN3O/c1-24-22(27)16-6-4-15(5-7-16)13-26(18-9-10-18)14-17-8-11-20(23)19-3-2-12-25-21(17)19/h2-8,11-12,18H,9-10,13-14H2,1H3,(H,24,27). The lowest BCUT2D eigenvalue weighted by atomic mass is 10.1. The van der Waals surface area contributed by atoms with Crippen molar-refractivity contribution in [3.05, 3.63) is 77.2 Å². The van der Waals surface area contributed by atoms with Gasteiger partial charge in [-0.2, -0.15) is 0 Å². The van der Waals surface area contributed by atoms with E-state index in [0.717, 1.165) is 29.7 Å². The molecule has 1 heterocycles. The van der Waals surface area contributed by atoms with E-state index in [1.807, 2.05) is 30.3 Å². The molecule has 0 radical (unpaired) electrons. The fraction of sp³-hybridized carbons (Fsp3) is 0.273. The number of hydrogen-bond donors (Lipinski definition) is 1. The topological polar surface area (TPSA) is 45.2 Å². The average molecular weight is 363 g/mol. The first-order valence-corrected chi connectivity index (χ1v) is 9.23. The van der Waals surface area contributed by atoms with Crippen LogP contribution in [0.2, 0.25) is 0 Å². The van der Waals surface area contributed by atoms with Crippen LogP contribution in [-0.2, 0) is 13.1 Å². The molecule has 1 aliphatic carbocycles. The predicted octanol–water partition coefficient (Wildman–Crippen LogP) is 3.90. The van der Waals surface area contributed by atoms with Crippen LogP contribution in [0.4, 0.5) is 4.39 Å². The number of pyridine rings is 1. The van der Waals surface area contributed by atoms with Crippen LogP contribution < -0.4 is 5.32 Å². The van der Waals surface area contributed by atoms with E-state index in [9.17, 15) is 9.18 Å². The lowest BCUT2D eigenvalue weighted by Crippen LogP contribution is -2.25. The Balaban J connectivity index is 1.56. The lowest BCUT2D eigenvalue weighted by molar-refractivity contribution is 0.0963. The molecule has 0 atom stereocenters. The first kappa shape index (κ1) is 17.6. The van der Waals surface area contributed by atoms with Gasteiger partial charge in [-0.05, 0) is 54.3 Å². The van der Waals surface area contributed by atoms with Crippen molar-refractivity contribution in [2.75, 3.05) is 7.05 Å². The summed E-state index contributed by atoms with van der Waals surface area (Å²) in [7, 11) is 1.63. The molecule has 0 aliphatic heterocycles. The number of nitrogens with zero attached hydrogens (tertiary/aromatic N) is 2. The maximum atomic E-state index is 14.1. The van der Waals surface area contributed by atoms with Gasteiger partial charge in [-0.15, -0.1) is 0 Å². The fourth-order valence-electron chi connectivity index (χ4n) is 3.44. The molecule has 138 valence electrons. The van der Waals surface area contributed by atoms with Crippen molar-refractivity contribution >= 4 is 16.8 Å². The van der Waals surface area contributed by atoms with Crippen LogP contribution in [0.15, 0.2) is 54.7 Å². The first-order valence-electron chi connectivity index (χ1n) is 9.23. The quantitative estimate of drug-likeness (QED) is 0.722. The molecule has 0 spiro atoms. The lowest BCUT2D eigenvalue weighted by Gasteiger charge is -2.23. The smallest absolute Gasteiger partial charge is 0.251 e. The van der Waals surface area contributed by atoms with Gasteiger partial charge in [0.2, 0.25) is 0 Å². The summed E-state index contributed by atoms with van der Waals surface area (Å²) in [6, 6.07) is 15.2. The molecule has 1 aliphatic rings. The van der Waals surface area contributed by atoms with E-state index >= 15 is 0 Å². The molecule has 4 nitrogen and oxygen atoms in total. The largest absolute Gasteiger partial charge is 0.355 e. The Morgan fingerprint density at radius 1 is 1.15 bits per heavy atom. The Kier molecular flexibility index (Phi) is 4.86. The Morgan fingerprint density at radius 3 is 2.63 bits per heavy atom. The first-order chi connectivity index (χ1) is 13.2. The number of rotatable bonds is 6. The van der Waals surface area contributed by atoms with Gasteiger partial charge in [0.15, 0.2) is 0 Å². The van der Waals surface area contributed by atoms with Gasteiger partial charge in [-0.1, -0.05) is 18.2 Å². The summed E-state index contributed by atoms with van der Waals surface area (Å²) in [4.78, 5) is 18.5. The van der Waals surface area contributed by atoms with Crippen LogP contribution in [0.3, 0.4) is 0 Å². The molecule has 1 amide bonds. The van der Waals surface area contributed by atoms with Gasteiger partial charge < -0.3 is 5.32 Å². The molecule has 1 aromatic heterocycles. The van der Waals surface area contributed by atoms with E-state index in [1.54, 1.807) is 25.4 Å². The van der Waals surface area contributed by atoms with Gasteiger partial charge in [-0.25, -0.2) is 4.39 Å². The molecule has 0 bridgehead atoms. The molecule has 1 N–H and O–H groups in total. The summed E-state index contributed by atoms with van der Waals surface area (Å²) in [6.45, 7) is 1.53. The molecule has 2 aromatic carbocycles. The van der Waals surface area contributed by atoms with Gasteiger partial charge in [-0.3, -0.25) is 14.7 Å². The Bertz CT molecular complexity index is 967. The van der Waals surface area contributed by atoms with E-state index in [4.69, 9.17) is 0 Å². The highest BCUT2D eigenvalue weighted by atomic mass is 19.1. The molecule has 1 fully saturated rings. The van der Waals surface area contributed by atoms with Gasteiger partial charge in [0, 0.05) is 43.3 Å². The number of nitrogens with one attached hydrogen (secondary N) is 1. The maximum Gasteiger partial charge on any atom is 0.251 e. The summed E-state index contributed by atoms with van der Waals surface area (Å²) < 4.78 is 14.1. The van der Waals surface area contributed by atoms with Crippen LogP contribution in [0, 0.1) is 5.82 Å². The highest BCUT2D eigenvalue weighted by Gasteiger charge is 2.29. The highest BCUT2D eigenvalue weighted by Crippen LogP contribution is 2.31. The zero-order valence-corrected chi connectivity index (χ0v) is 15.3. The van der Waals surface area contributed by atoms with Crippen molar-refractivity contribution in [2.45, 2.75) is 32.0 Å². The fourth-order valence-corrected chi connectivity index (χ4v) is 3.44. The predicted molar refractivity (Wildman–Crippen MR) is 104 cm³/mol. The molecular weight excluding hydrogens is 341 g/mol. The van der Waals surface area contributed by atoms with Gasteiger partial charge in [0.1, 0.15) is 5.82 Å². The summed E-state index contributed by atoms with van der Waals surface area (Å²) in [5.41, 5.74) is 3.60. The number of benzene rings is 2. The Labute approximate surface area is 158 Å². The zero-order chi connectivity index (χ0) is 18.8. The number of carbonyl (C=O) groups is 1. The second kappa shape index (κ2) is 7.45. The van der Waals surface area contributed by atoms with Gasteiger partial charge in [0.05, 0.1) is 5.52 Å². The van der Waals surface area contributed by atoms with Crippen LogP contribution in [0.25, 0.3) is 10.9 Å². The van der Waals surface area contributed by atoms with Crippen molar-refractivity contribution in [1.82, 2.24) is 15.2 Å². The summed E-state index contributed by atoms with van der Waals surface area (Å²) >= 11 is 0. The van der Waals surface area contributed by atoms with E-state index in [2.05, 4.69) is 15.2 Å². The molecule has 27 heavy (non-hydrogen) atoms. The Hall–Kier alpha value is -2.79. The molecule has 4 rings (SSSR count). The number of hydrogen-bond acceptors (Lipinski definition) is 3. The van der Waals surface area contributed by atoms with Crippen molar-refractivity contribution in [3.8, 4) is 0 Å². The average Bonchev–Trinajstić information content (AvgIpc) is 3.55. The number of amides is 1. The van der Waals surface area contributed by atoms with E-state index < -0.39 is 0 Å². The van der Waals surface area contributed by atoms with Crippen LogP contribution in [-0.4, -0.2) is 28.9 Å². The normalized spacial score (nSPS) is 13.9. The van der Waals surface area contributed by atoms with E-state index in [1.165, 1.54) is 18.9 Å². The van der Waals surface area contributed by atoms with Gasteiger partial charge >= 0.3 is 0 Å². The molecule has 0 saturated heterocycles. The summed E-state index contributed by atoms with van der Waals surface area (Å²) in [5.74, 6) is -0.311. The van der Waals surface area contributed by atoms with Gasteiger partial charge in [0.25, 0.3) is 5.91 Å². The van der Waals surface area contributed by atoms with E-state index in [-0.39, 0.29) is 11.7 Å². The minimum Gasteiger partial charge on any atom is -0.355 e. The number of fused-ring (bicyclic) bond motifs is 1. The molecule has 5 heteroatoms. The SMILES string of the molecule is CNC(=O)c1ccc(CN(Cc2ccc(F)c3cccnc23)C2CC2)cc1. The molecular formula is C22H22FN3O. The van der Waals surface area contributed by atoms with Crippen molar-refractivity contribution in [1.29, 1.82) is 0 Å². The maximum absolute atomic E-state index is 14.1. The number of aromatic nitrogens is 1. The summed E-state index contributed by atoms with van der Waals surface area (Å²) in [5, 5.41) is 3.21. The Morgan fingerprint density at radius 2 is 1.93 bits per heavy atom. The third-order valence-corrected chi connectivity index (χ3v) is 5.07. The van der Waals surface area contributed by atoms with Crippen LogP contribution >= 0.6 is 0 Å². The van der Waals surface area contributed by atoms with Crippen LogP contribution in [0.1, 0.15) is 34.3 Å². The molecule has 0 unspecified atom stereocenters. The zero-order valence-electron chi connectivity index (χ0n) is 15.3. The van der Waals surface area contributed by atoms with Crippen molar-refractivity contribution in [2.24, 2.45) is 0 Å². The van der Waals surface area contributed by atoms with Crippen molar-refractivity contribution < 1.29 is 9.18 Å². The number of carbonyl (C=O) groups excluding carboxylic acids is 1. The van der Waals surface area contributed by atoms with Crippen LogP contribution in [0.5, 0.6) is 0 Å². The second-order valence-electron chi connectivity index (χ2n) is 7.02. The van der Waals surface area contributed by atoms with E-state index in [0.29, 0.717) is 17.0 Å². The second-order valence-corrected chi connectivity index (χ2v) is 7.02. The highest BCUT2D eigenvalue weighted by molar-refractivity contribution is 5.93.